The molecule has 148 valence electrons. The topological polar surface area (TPSA) is 92.4 Å². The third-order valence-electron chi connectivity index (χ3n) is 4.23. The highest BCUT2D eigenvalue weighted by molar-refractivity contribution is 5.73. The van der Waals surface area contributed by atoms with Gasteiger partial charge in [-0.25, -0.2) is 0 Å². The summed E-state index contributed by atoms with van der Waals surface area (Å²) in [5.74, 6) is 2.45. The Bertz CT molecular complexity index is 930. The zero-order valence-electron chi connectivity index (χ0n) is 16.2. The molecule has 0 fully saturated rings. The summed E-state index contributed by atoms with van der Waals surface area (Å²) in [4.78, 5) is 0. The quantitative estimate of drug-likeness (QED) is 0.655. The molecule has 0 aliphatic heterocycles. The highest BCUT2D eigenvalue weighted by atomic mass is 16.5. The zero-order valence-corrected chi connectivity index (χ0v) is 16.2. The number of ether oxygens (including phenoxy) is 5. The fourth-order valence-electron chi connectivity index (χ4n) is 2.81. The van der Waals surface area contributed by atoms with Crippen LogP contribution in [-0.4, -0.2) is 45.8 Å². The van der Waals surface area contributed by atoms with Crippen LogP contribution in [-0.2, 0) is 0 Å². The van der Waals surface area contributed by atoms with Crippen molar-refractivity contribution in [2.24, 2.45) is 0 Å². The molecule has 0 aliphatic rings. The van der Waals surface area contributed by atoms with Gasteiger partial charge in [-0.05, 0) is 24.3 Å². The fourth-order valence-corrected chi connectivity index (χ4v) is 2.81. The van der Waals surface area contributed by atoms with E-state index in [0.29, 0.717) is 39.8 Å². The number of aromatic hydroxyl groups is 1. The number of nitrogens with zero attached hydrogens (tertiary/aromatic N) is 1. The van der Waals surface area contributed by atoms with E-state index in [-0.39, 0.29) is 17.2 Å². The second kappa shape index (κ2) is 7.99. The maximum Gasteiger partial charge on any atom is 0.203 e. The van der Waals surface area contributed by atoms with Gasteiger partial charge in [0.05, 0.1) is 35.5 Å². The first-order valence-electron chi connectivity index (χ1n) is 8.28. The molecule has 0 amide bonds. The summed E-state index contributed by atoms with van der Waals surface area (Å²) in [7, 11) is 7.55. The second-order valence-electron chi connectivity index (χ2n) is 5.72. The van der Waals surface area contributed by atoms with Gasteiger partial charge in [0.15, 0.2) is 28.8 Å². The van der Waals surface area contributed by atoms with E-state index in [9.17, 15) is 5.11 Å². The molecule has 1 N–H and O–H groups in total. The van der Waals surface area contributed by atoms with Crippen LogP contribution in [0.2, 0.25) is 0 Å². The van der Waals surface area contributed by atoms with Gasteiger partial charge in [0.2, 0.25) is 11.5 Å². The second-order valence-corrected chi connectivity index (χ2v) is 5.72. The predicted octanol–water partition coefficient (Wildman–Crippen LogP) is 3.76. The largest absolute Gasteiger partial charge is 0.502 e. The van der Waals surface area contributed by atoms with E-state index in [1.54, 1.807) is 44.6 Å². The van der Waals surface area contributed by atoms with Crippen LogP contribution < -0.4 is 23.7 Å². The Morgan fingerprint density at radius 1 is 0.679 bits per heavy atom. The molecule has 8 heteroatoms. The lowest BCUT2D eigenvalue weighted by atomic mass is 10.1. The highest BCUT2D eigenvalue weighted by Crippen LogP contribution is 2.43. The Labute approximate surface area is 162 Å². The molecule has 0 saturated carbocycles. The van der Waals surface area contributed by atoms with Gasteiger partial charge in [0, 0.05) is 17.2 Å². The summed E-state index contributed by atoms with van der Waals surface area (Å²) in [6, 6.07) is 8.59. The minimum atomic E-state index is -0.0814. The van der Waals surface area contributed by atoms with Gasteiger partial charge in [0.25, 0.3) is 0 Å². The highest BCUT2D eigenvalue weighted by Gasteiger charge is 2.19. The summed E-state index contributed by atoms with van der Waals surface area (Å²) in [5.41, 5.74) is 1.90. The number of methoxy groups -OCH3 is 5. The van der Waals surface area contributed by atoms with Crippen LogP contribution in [0.4, 0.5) is 0 Å². The summed E-state index contributed by atoms with van der Waals surface area (Å²) in [5, 5.41) is 14.2. The molecule has 0 aliphatic carbocycles. The number of phenolic OH excluding ortho intramolecular Hbond substituents is 1. The van der Waals surface area contributed by atoms with E-state index in [4.69, 9.17) is 28.2 Å². The average molecular weight is 387 g/mol. The van der Waals surface area contributed by atoms with E-state index in [1.165, 1.54) is 21.3 Å². The van der Waals surface area contributed by atoms with Crippen LogP contribution in [0.5, 0.6) is 34.5 Å². The molecule has 1 aromatic heterocycles. The number of hydrogen-bond donors (Lipinski definition) is 1. The Morgan fingerprint density at radius 2 is 1.18 bits per heavy atom. The van der Waals surface area contributed by atoms with E-state index >= 15 is 0 Å². The first-order valence-corrected chi connectivity index (χ1v) is 8.28. The summed E-state index contributed by atoms with van der Waals surface area (Å²) in [6.07, 6.45) is 0. The maximum atomic E-state index is 10.1. The molecule has 0 bridgehead atoms. The minimum Gasteiger partial charge on any atom is -0.502 e. The van der Waals surface area contributed by atoms with Crippen LogP contribution in [0.25, 0.3) is 22.6 Å². The van der Waals surface area contributed by atoms with Crippen LogP contribution in [0.1, 0.15) is 0 Å². The van der Waals surface area contributed by atoms with Crippen molar-refractivity contribution in [3.05, 3.63) is 30.3 Å². The van der Waals surface area contributed by atoms with E-state index in [0.717, 1.165) is 0 Å². The normalized spacial score (nSPS) is 10.5. The molecule has 0 saturated heterocycles. The van der Waals surface area contributed by atoms with Crippen molar-refractivity contribution in [3.63, 3.8) is 0 Å². The molecule has 0 atom stereocenters. The van der Waals surface area contributed by atoms with Crippen molar-refractivity contribution in [2.45, 2.75) is 0 Å². The van der Waals surface area contributed by atoms with E-state index in [2.05, 4.69) is 5.16 Å². The Morgan fingerprint density at radius 3 is 1.64 bits per heavy atom. The molecule has 2 aromatic carbocycles. The minimum absolute atomic E-state index is 0.0814. The zero-order chi connectivity index (χ0) is 20.3. The third kappa shape index (κ3) is 3.36. The lowest BCUT2D eigenvalue weighted by molar-refractivity contribution is 0.324. The number of rotatable bonds is 7. The van der Waals surface area contributed by atoms with Gasteiger partial charge in [0.1, 0.15) is 5.69 Å². The molecule has 1 heterocycles. The van der Waals surface area contributed by atoms with Gasteiger partial charge < -0.3 is 33.3 Å². The van der Waals surface area contributed by atoms with Gasteiger partial charge in [-0.3, -0.25) is 0 Å². The van der Waals surface area contributed by atoms with Gasteiger partial charge in [-0.1, -0.05) is 5.16 Å². The number of aromatic nitrogens is 1. The predicted molar refractivity (Wildman–Crippen MR) is 102 cm³/mol. The molecular formula is C20H21NO7. The molecular weight excluding hydrogens is 366 g/mol. The summed E-state index contributed by atoms with van der Waals surface area (Å²) in [6.45, 7) is 0. The van der Waals surface area contributed by atoms with Crippen molar-refractivity contribution in [1.29, 1.82) is 0 Å². The molecule has 0 unspecified atom stereocenters. The molecule has 3 rings (SSSR count). The van der Waals surface area contributed by atoms with Crippen molar-refractivity contribution < 1.29 is 33.3 Å². The lowest BCUT2D eigenvalue weighted by Gasteiger charge is -2.13. The van der Waals surface area contributed by atoms with Gasteiger partial charge >= 0.3 is 0 Å². The van der Waals surface area contributed by atoms with Crippen molar-refractivity contribution in [1.82, 2.24) is 5.16 Å². The standard InChI is InChI=1S/C20H21NO7/c1-23-15-6-11(7-16(24-2)19(15)22)13-10-14(28-21-13)12-8-17(25-3)20(27-5)18(9-12)26-4/h6-10,22H,1-5H3. The van der Waals surface area contributed by atoms with Crippen LogP contribution >= 0.6 is 0 Å². The van der Waals surface area contributed by atoms with E-state index < -0.39 is 0 Å². The number of hydrogen-bond acceptors (Lipinski definition) is 8. The lowest BCUT2D eigenvalue weighted by Crippen LogP contribution is -1.95. The maximum absolute atomic E-state index is 10.1. The van der Waals surface area contributed by atoms with Crippen molar-refractivity contribution in [2.75, 3.05) is 35.5 Å². The first-order chi connectivity index (χ1) is 13.6. The first kappa shape index (κ1) is 19.2. The average Bonchev–Trinajstić information content (AvgIpc) is 3.23. The smallest absolute Gasteiger partial charge is 0.203 e. The third-order valence-corrected chi connectivity index (χ3v) is 4.23. The van der Waals surface area contributed by atoms with Crippen molar-refractivity contribution >= 4 is 0 Å². The monoisotopic (exact) mass is 387 g/mol. The Kier molecular flexibility index (Phi) is 5.49. The molecule has 0 radical (unpaired) electrons. The van der Waals surface area contributed by atoms with Crippen LogP contribution in [0.3, 0.4) is 0 Å². The molecule has 0 spiro atoms. The molecule has 28 heavy (non-hydrogen) atoms. The van der Waals surface area contributed by atoms with Gasteiger partial charge in [-0.2, -0.15) is 0 Å². The summed E-state index contributed by atoms with van der Waals surface area (Å²) < 4.78 is 32.0. The SMILES string of the molecule is COc1cc(-c2cc(-c3cc(OC)c(OC)c(OC)c3)on2)cc(OC)c1O. The Hall–Kier alpha value is -3.55. The number of phenols is 1. The van der Waals surface area contributed by atoms with Crippen LogP contribution in [0, 0.1) is 0 Å². The van der Waals surface area contributed by atoms with Crippen LogP contribution in [0.15, 0.2) is 34.9 Å². The molecule has 3 aromatic rings. The summed E-state index contributed by atoms with van der Waals surface area (Å²) >= 11 is 0. The van der Waals surface area contributed by atoms with Gasteiger partial charge in [-0.15, -0.1) is 0 Å². The number of benzene rings is 2. The van der Waals surface area contributed by atoms with Crippen molar-refractivity contribution in [3.8, 4) is 57.1 Å². The van der Waals surface area contributed by atoms with E-state index in [1.807, 2.05) is 0 Å². The molecule has 8 nitrogen and oxygen atoms in total. The Balaban J connectivity index is 2.06. The fraction of sp³-hybridized carbons (Fsp3) is 0.250.